The normalized spacial score (nSPS) is 23.8. The van der Waals surface area contributed by atoms with Gasteiger partial charge in [-0.25, -0.2) is 0 Å². The quantitative estimate of drug-likeness (QED) is 0.778. The van der Waals surface area contributed by atoms with E-state index in [0.717, 1.165) is 17.7 Å². The summed E-state index contributed by atoms with van der Waals surface area (Å²) in [6, 6.07) is 5.06. The molecule has 3 nitrogen and oxygen atoms in total. The number of alkyl halides is 3. The van der Waals surface area contributed by atoms with Crippen molar-refractivity contribution < 1.29 is 22.7 Å². The van der Waals surface area contributed by atoms with E-state index in [1.807, 2.05) is 0 Å². The minimum atomic E-state index is -4.34. The molecule has 23 heavy (non-hydrogen) atoms. The van der Waals surface area contributed by atoms with Crippen molar-refractivity contribution >= 4 is 11.5 Å². The zero-order valence-corrected chi connectivity index (χ0v) is 12.4. The Kier molecular flexibility index (Phi) is 3.70. The molecule has 0 aromatic heterocycles. The van der Waals surface area contributed by atoms with Crippen LogP contribution >= 0.6 is 0 Å². The molecule has 122 valence electrons. The summed E-state index contributed by atoms with van der Waals surface area (Å²) in [7, 11) is 0. The number of amides is 1. The van der Waals surface area contributed by atoms with Gasteiger partial charge in [0.05, 0.1) is 18.4 Å². The number of ether oxygens (including phenoxy) is 1. The highest BCUT2D eigenvalue weighted by Crippen LogP contribution is 2.41. The number of likely N-dealkylation sites (tertiary alicyclic amines) is 1. The van der Waals surface area contributed by atoms with E-state index in [4.69, 9.17) is 4.74 Å². The van der Waals surface area contributed by atoms with E-state index < -0.39 is 17.3 Å². The molecule has 3 rings (SSSR count). The molecule has 6 heteroatoms. The van der Waals surface area contributed by atoms with Gasteiger partial charge in [0.1, 0.15) is 5.60 Å². The molecule has 0 saturated carbocycles. The Morgan fingerprint density at radius 1 is 1.30 bits per heavy atom. The average Bonchev–Trinajstić information content (AvgIpc) is 3.14. The highest BCUT2D eigenvalue weighted by atomic mass is 19.4. The van der Waals surface area contributed by atoms with Gasteiger partial charge in [0, 0.05) is 19.4 Å². The van der Waals surface area contributed by atoms with Crippen LogP contribution in [0.4, 0.5) is 13.2 Å². The second-order valence-electron chi connectivity index (χ2n) is 5.91. The van der Waals surface area contributed by atoms with Gasteiger partial charge in [0.25, 0.3) is 0 Å². The zero-order valence-electron chi connectivity index (χ0n) is 12.4. The van der Waals surface area contributed by atoms with Crippen molar-refractivity contribution in [2.75, 3.05) is 13.1 Å². The fourth-order valence-corrected chi connectivity index (χ4v) is 3.07. The molecule has 0 N–H and O–H groups in total. The van der Waals surface area contributed by atoms with Crippen LogP contribution in [0.1, 0.15) is 24.0 Å². The highest BCUT2D eigenvalue weighted by Gasteiger charge is 2.44. The third-order valence-electron chi connectivity index (χ3n) is 4.35. The fourth-order valence-electron chi connectivity index (χ4n) is 3.07. The maximum atomic E-state index is 12.6. The molecular formula is C17H16F3NO2. The monoisotopic (exact) mass is 323 g/mol. The summed E-state index contributed by atoms with van der Waals surface area (Å²) >= 11 is 0. The lowest BCUT2D eigenvalue weighted by Crippen LogP contribution is -2.35. The molecule has 2 heterocycles. The van der Waals surface area contributed by atoms with Gasteiger partial charge in [-0.05, 0) is 29.3 Å². The second kappa shape index (κ2) is 5.44. The molecule has 1 aromatic carbocycles. The molecule has 0 radical (unpaired) electrons. The Bertz CT molecular complexity index is 663. The lowest BCUT2D eigenvalue weighted by molar-refractivity contribution is -0.137. The first-order chi connectivity index (χ1) is 10.8. The zero-order chi connectivity index (χ0) is 16.7. The van der Waals surface area contributed by atoms with Gasteiger partial charge in [0.15, 0.2) is 0 Å². The van der Waals surface area contributed by atoms with Crippen LogP contribution in [0.25, 0.3) is 5.57 Å². The van der Waals surface area contributed by atoms with E-state index >= 15 is 0 Å². The average molecular weight is 323 g/mol. The summed E-state index contributed by atoms with van der Waals surface area (Å²) in [6.07, 6.45) is -0.174. The van der Waals surface area contributed by atoms with Gasteiger partial charge < -0.3 is 9.64 Å². The Morgan fingerprint density at radius 3 is 2.61 bits per heavy atom. The molecule has 2 aliphatic rings. The van der Waals surface area contributed by atoms with Crippen LogP contribution in [0.5, 0.6) is 0 Å². The SMILES string of the molecule is C=CC(=O)N1CCC2(CC(c3ccc(C(F)(F)F)cc3)=CO2)C1. The topological polar surface area (TPSA) is 29.5 Å². The standard InChI is InChI=1S/C17H16F3NO2/c1-2-15(22)21-8-7-16(11-21)9-13(10-23-16)12-3-5-14(6-4-12)17(18,19)20/h2-6,10H,1,7-9,11H2. The first-order valence-corrected chi connectivity index (χ1v) is 7.29. The van der Waals surface area contributed by atoms with E-state index in [0.29, 0.717) is 31.5 Å². The number of hydrogen-bond acceptors (Lipinski definition) is 2. The summed E-state index contributed by atoms with van der Waals surface area (Å²) in [6.45, 7) is 4.54. The number of benzene rings is 1. The van der Waals surface area contributed by atoms with Crippen LogP contribution in [-0.2, 0) is 15.7 Å². The van der Waals surface area contributed by atoms with E-state index in [2.05, 4.69) is 6.58 Å². The first-order valence-electron chi connectivity index (χ1n) is 7.29. The van der Waals surface area contributed by atoms with Crippen LogP contribution in [0.2, 0.25) is 0 Å². The predicted octanol–water partition coefficient (Wildman–Crippen LogP) is 3.62. The maximum absolute atomic E-state index is 12.6. The minimum absolute atomic E-state index is 0.131. The molecule has 1 fully saturated rings. The Morgan fingerprint density at radius 2 is 2.00 bits per heavy atom. The van der Waals surface area contributed by atoms with Gasteiger partial charge in [-0.3, -0.25) is 4.79 Å². The van der Waals surface area contributed by atoms with Gasteiger partial charge in [-0.15, -0.1) is 0 Å². The first kappa shape index (κ1) is 15.6. The molecule has 0 bridgehead atoms. The third-order valence-corrected chi connectivity index (χ3v) is 4.35. The molecule has 1 amide bonds. The number of carbonyl (C=O) groups excluding carboxylic acids is 1. The summed E-state index contributed by atoms with van der Waals surface area (Å²) in [5.41, 5.74) is 0.436. The number of nitrogens with zero attached hydrogens (tertiary/aromatic N) is 1. The summed E-state index contributed by atoms with van der Waals surface area (Å²) in [5.74, 6) is -0.131. The lowest BCUT2D eigenvalue weighted by Gasteiger charge is -2.23. The Balaban J connectivity index is 1.70. The van der Waals surface area contributed by atoms with Crippen LogP contribution < -0.4 is 0 Å². The van der Waals surface area contributed by atoms with Gasteiger partial charge in [0.2, 0.25) is 5.91 Å². The maximum Gasteiger partial charge on any atom is 0.416 e. The Labute approximate surface area is 132 Å². The molecule has 1 spiro atoms. The van der Waals surface area contributed by atoms with E-state index in [-0.39, 0.29) is 5.91 Å². The molecule has 1 aromatic rings. The number of rotatable bonds is 2. The van der Waals surface area contributed by atoms with E-state index in [9.17, 15) is 18.0 Å². The summed E-state index contributed by atoms with van der Waals surface area (Å²) < 4.78 is 43.6. The van der Waals surface area contributed by atoms with Gasteiger partial charge >= 0.3 is 6.18 Å². The van der Waals surface area contributed by atoms with E-state index in [1.54, 1.807) is 11.2 Å². The van der Waals surface area contributed by atoms with Crippen molar-refractivity contribution in [3.05, 3.63) is 54.3 Å². The van der Waals surface area contributed by atoms with Crippen LogP contribution in [0.15, 0.2) is 43.2 Å². The van der Waals surface area contributed by atoms with Crippen molar-refractivity contribution in [2.24, 2.45) is 0 Å². The van der Waals surface area contributed by atoms with Crippen molar-refractivity contribution in [3.63, 3.8) is 0 Å². The summed E-state index contributed by atoms with van der Waals surface area (Å²) in [5, 5.41) is 0. The van der Waals surface area contributed by atoms with Crippen molar-refractivity contribution in [3.8, 4) is 0 Å². The molecule has 0 aliphatic carbocycles. The molecule has 1 saturated heterocycles. The van der Waals surface area contributed by atoms with Gasteiger partial charge in [-0.2, -0.15) is 13.2 Å². The molecular weight excluding hydrogens is 307 g/mol. The largest absolute Gasteiger partial charge is 0.492 e. The van der Waals surface area contributed by atoms with E-state index in [1.165, 1.54) is 18.2 Å². The minimum Gasteiger partial charge on any atom is -0.492 e. The van der Waals surface area contributed by atoms with Crippen LogP contribution in [0, 0.1) is 0 Å². The predicted molar refractivity (Wildman–Crippen MR) is 79.2 cm³/mol. The number of carbonyl (C=O) groups is 1. The van der Waals surface area contributed by atoms with Crippen LogP contribution in [0.3, 0.4) is 0 Å². The van der Waals surface area contributed by atoms with Crippen molar-refractivity contribution in [2.45, 2.75) is 24.6 Å². The molecule has 1 unspecified atom stereocenters. The second-order valence-corrected chi connectivity index (χ2v) is 5.91. The van der Waals surface area contributed by atoms with Crippen molar-refractivity contribution in [1.29, 1.82) is 0 Å². The summed E-state index contributed by atoms with van der Waals surface area (Å²) in [4.78, 5) is 13.3. The fraction of sp³-hybridized carbons (Fsp3) is 0.353. The van der Waals surface area contributed by atoms with Crippen molar-refractivity contribution in [1.82, 2.24) is 4.90 Å². The Hall–Kier alpha value is -2.24. The highest BCUT2D eigenvalue weighted by molar-refractivity contribution is 5.87. The molecule has 1 atom stereocenters. The molecule has 2 aliphatic heterocycles. The smallest absolute Gasteiger partial charge is 0.416 e. The van der Waals surface area contributed by atoms with Crippen LogP contribution in [-0.4, -0.2) is 29.5 Å². The third kappa shape index (κ3) is 2.98. The number of hydrogen-bond donors (Lipinski definition) is 0. The lowest BCUT2D eigenvalue weighted by atomic mass is 9.92. The number of halogens is 3. The van der Waals surface area contributed by atoms with Gasteiger partial charge in [-0.1, -0.05) is 18.7 Å².